The van der Waals surface area contributed by atoms with Crippen LogP contribution >= 0.6 is 0 Å². The van der Waals surface area contributed by atoms with E-state index in [0.29, 0.717) is 17.1 Å². The number of nitrogens with zero attached hydrogens (tertiary/aromatic N) is 1. The second-order valence-electron chi connectivity index (χ2n) is 6.90. The van der Waals surface area contributed by atoms with Crippen molar-refractivity contribution in [2.75, 3.05) is 16.7 Å². The van der Waals surface area contributed by atoms with Gasteiger partial charge in [0.25, 0.3) is 10.0 Å². The molecule has 0 unspecified atom stereocenters. The van der Waals surface area contributed by atoms with Gasteiger partial charge in [0.2, 0.25) is 5.91 Å². The van der Waals surface area contributed by atoms with Crippen molar-refractivity contribution in [3.05, 3.63) is 83.9 Å². The zero-order valence-corrected chi connectivity index (χ0v) is 17.9. The van der Waals surface area contributed by atoms with Crippen LogP contribution in [0.1, 0.15) is 18.1 Å². The first-order chi connectivity index (χ1) is 14.3. The van der Waals surface area contributed by atoms with Crippen molar-refractivity contribution in [3.8, 4) is 5.75 Å². The molecule has 0 heterocycles. The predicted molar refractivity (Wildman–Crippen MR) is 118 cm³/mol. The lowest BCUT2D eigenvalue weighted by Gasteiger charge is -2.25. The van der Waals surface area contributed by atoms with Crippen molar-refractivity contribution < 1.29 is 17.9 Å². The third-order valence-electron chi connectivity index (χ3n) is 4.57. The molecule has 0 bridgehead atoms. The van der Waals surface area contributed by atoms with E-state index in [1.807, 2.05) is 31.2 Å². The van der Waals surface area contributed by atoms with E-state index >= 15 is 0 Å². The molecule has 156 valence electrons. The van der Waals surface area contributed by atoms with E-state index in [1.54, 1.807) is 43.5 Å². The third-order valence-corrected chi connectivity index (χ3v) is 6.36. The molecule has 3 aromatic rings. The molecule has 6 nitrogen and oxygen atoms in total. The van der Waals surface area contributed by atoms with Gasteiger partial charge >= 0.3 is 0 Å². The van der Waals surface area contributed by atoms with Crippen molar-refractivity contribution in [1.29, 1.82) is 0 Å². The molecular formula is C23H24N2O4S. The summed E-state index contributed by atoms with van der Waals surface area (Å²) in [5.41, 5.74) is 3.04. The minimum atomic E-state index is -3.85. The van der Waals surface area contributed by atoms with Gasteiger partial charge in [-0.1, -0.05) is 29.8 Å². The van der Waals surface area contributed by atoms with E-state index in [-0.39, 0.29) is 17.3 Å². The average Bonchev–Trinajstić information content (AvgIpc) is 2.73. The van der Waals surface area contributed by atoms with E-state index in [2.05, 4.69) is 5.32 Å². The first kappa shape index (κ1) is 21.4. The van der Waals surface area contributed by atoms with Crippen LogP contribution in [0.5, 0.6) is 5.75 Å². The maximum absolute atomic E-state index is 13.5. The molecule has 0 aliphatic carbocycles. The van der Waals surface area contributed by atoms with Crippen molar-refractivity contribution in [1.82, 2.24) is 0 Å². The lowest BCUT2D eigenvalue weighted by molar-refractivity contribution is -0.114. The Morgan fingerprint density at radius 2 is 1.53 bits per heavy atom. The highest BCUT2D eigenvalue weighted by Crippen LogP contribution is 2.28. The number of methoxy groups -OCH3 is 1. The Balaban J connectivity index is 2.00. The van der Waals surface area contributed by atoms with Crippen LogP contribution in [0.25, 0.3) is 0 Å². The Kier molecular flexibility index (Phi) is 6.42. The maximum atomic E-state index is 13.5. The molecule has 3 aromatic carbocycles. The Hall–Kier alpha value is -3.32. The van der Waals surface area contributed by atoms with Gasteiger partial charge < -0.3 is 10.1 Å². The van der Waals surface area contributed by atoms with Crippen LogP contribution in [0.15, 0.2) is 77.7 Å². The number of nitrogens with one attached hydrogen (secondary N) is 1. The summed E-state index contributed by atoms with van der Waals surface area (Å²) in [6, 6.07) is 20.8. The van der Waals surface area contributed by atoms with Crippen LogP contribution in [0.2, 0.25) is 0 Å². The highest BCUT2D eigenvalue weighted by molar-refractivity contribution is 7.92. The largest absolute Gasteiger partial charge is 0.497 e. The normalized spacial score (nSPS) is 11.0. The number of anilines is 2. The van der Waals surface area contributed by atoms with Gasteiger partial charge in [-0.25, -0.2) is 8.42 Å². The summed E-state index contributed by atoms with van der Waals surface area (Å²) < 4.78 is 33.6. The van der Waals surface area contributed by atoms with Crippen molar-refractivity contribution >= 4 is 27.3 Å². The van der Waals surface area contributed by atoms with E-state index in [4.69, 9.17) is 4.74 Å². The first-order valence-corrected chi connectivity index (χ1v) is 10.8. The van der Waals surface area contributed by atoms with Gasteiger partial charge in [-0.05, 0) is 61.0 Å². The van der Waals surface area contributed by atoms with Crippen LogP contribution in [-0.2, 0) is 21.4 Å². The molecule has 0 aliphatic rings. The lowest BCUT2D eigenvalue weighted by atomic mass is 10.1. The van der Waals surface area contributed by atoms with Gasteiger partial charge in [-0.2, -0.15) is 0 Å². The van der Waals surface area contributed by atoms with E-state index in [1.165, 1.54) is 23.4 Å². The topological polar surface area (TPSA) is 75.7 Å². The molecule has 3 rings (SSSR count). The van der Waals surface area contributed by atoms with Crippen LogP contribution in [0.4, 0.5) is 11.4 Å². The predicted octanol–water partition coefficient (Wildman–Crippen LogP) is 4.36. The average molecular weight is 425 g/mol. The van der Waals surface area contributed by atoms with Gasteiger partial charge in [0.05, 0.1) is 24.2 Å². The van der Waals surface area contributed by atoms with Gasteiger partial charge in [0, 0.05) is 12.6 Å². The van der Waals surface area contributed by atoms with Crippen molar-refractivity contribution in [2.24, 2.45) is 0 Å². The number of hydrogen-bond acceptors (Lipinski definition) is 4. The standard InChI is InChI=1S/C23H24N2O4S/c1-17-4-6-19(7-5-17)16-25(21-10-12-22(29-3)13-11-21)30(27,28)23-14-8-20(9-15-23)24-18(2)26/h4-15H,16H2,1-3H3,(H,24,26). The second kappa shape index (κ2) is 9.00. The Labute approximate surface area is 177 Å². The summed E-state index contributed by atoms with van der Waals surface area (Å²) in [7, 11) is -2.29. The molecule has 7 heteroatoms. The molecule has 0 saturated carbocycles. The maximum Gasteiger partial charge on any atom is 0.264 e. The minimum Gasteiger partial charge on any atom is -0.497 e. The number of rotatable bonds is 7. The van der Waals surface area contributed by atoms with E-state index < -0.39 is 10.0 Å². The summed E-state index contributed by atoms with van der Waals surface area (Å²) >= 11 is 0. The number of carbonyl (C=O) groups excluding carboxylic acids is 1. The molecule has 0 atom stereocenters. The summed E-state index contributed by atoms with van der Waals surface area (Å²) in [5, 5.41) is 2.64. The Morgan fingerprint density at radius 1 is 0.933 bits per heavy atom. The monoisotopic (exact) mass is 424 g/mol. The quantitative estimate of drug-likeness (QED) is 0.612. The van der Waals surface area contributed by atoms with Gasteiger partial charge in [-0.15, -0.1) is 0 Å². The SMILES string of the molecule is COc1ccc(N(Cc2ccc(C)cc2)S(=O)(=O)c2ccc(NC(C)=O)cc2)cc1. The molecule has 0 radical (unpaired) electrons. The number of sulfonamides is 1. The molecule has 0 spiro atoms. The highest BCUT2D eigenvalue weighted by atomic mass is 32.2. The zero-order valence-electron chi connectivity index (χ0n) is 17.1. The highest BCUT2D eigenvalue weighted by Gasteiger charge is 2.25. The second-order valence-corrected chi connectivity index (χ2v) is 8.76. The number of aryl methyl sites for hydroxylation is 1. The molecule has 0 aliphatic heterocycles. The summed E-state index contributed by atoms with van der Waals surface area (Å²) in [6.07, 6.45) is 0. The fourth-order valence-electron chi connectivity index (χ4n) is 2.96. The smallest absolute Gasteiger partial charge is 0.264 e. The lowest BCUT2D eigenvalue weighted by Crippen LogP contribution is -2.30. The minimum absolute atomic E-state index is 0.138. The summed E-state index contributed by atoms with van der Waals surface area (Å²) in [6.45, 7) is 3.57. The van der Waals surface area contributed by atoms with Gasteiger partial charge in [-0.3, -0.25) is 9.10 Å². The Morgan fingerprint density at radius 3 is 2.07 bits per heavy atom. The summed E-state index contributed by atoms with van der Waals surface area (Å²) in [4.78, 5) is 11.4. The molecular weight excluding hydrogens is 400 g/mol. The van der Waals surface area contributed by atoms with Gasteiger partial charge in [0.1, 0.15) is 5.75 Å². The van der Waals surface area contributed by atoms with Crippen molar-refractivity contribution in [2.45, 2.75) is 25.3 Å². The van der Waals surface area contributed by atoms with Crippen LogP contribution in [0.3, 0.4) is 0 Å². The third kappa shape index (κ3) is 4.99. The van der Waals surface area contributed by atoms with Crippen LogP contribution in [-0.4, -0.2) is 21.4 Å². The number of ether oxygens (including phenoxy) is 1. The fourth-order valence-corrected chi connectivity index (χ4v) is 4.42. The molecule has 30 heavy (non-hydrogen) atoms. The molecule has 0 aromatic heterocycles. The molecule has 0 saturated heterocycles. The number of hydrogen-bond donors (Lipinski definition) is 1. The number of carbonyl (C=O) groups is 1. The first-order valence-electron chi connectivity index (χ1n) is 9.39. The van der Waals surface area contributed by atoms with Crippen LogP contribution in [0, 0.1) is 6.92 Å². The Bertz CT molecular complexity index is 1110. The van der Waals surface area contributed by atoms with Crippen molar-refractivity contribution in [3.63, 3.8) is 0 Å². The fraction of sp³-hybridized carbons (Fsp3) is 0.174. The zero-order chi connectivity index (χ0) is 21.7. The van der Waals surface area contributed by atoms with Crippen LogP contribution < -0.4 is 14.4 Å². The molecule has 1 N–H and O–H groups in total. The molecule has 0 fully saturated rings. The number of amides is 1. The number of benzene rings is 3. The van der Waals surface area contributed by atoms with Gasteiger partial charge in [0.15, 0.2) is 0 Å². The van der Waals surface area contributed by atoms with E-state index in [0.717, 1.165) is 11.1 Å². The van der Waals surface area contributed by atoms with E-state index in [9.17, 15) is 13.2 Å². The molecule has 1 amide bonds. The summed E-state index contributed by atoms with van der Waals surface area (Å²) in [5.74, 6) is 0.427.